The standard InChI is InChI=1S/C15H18O3/c1-10(15(17)18)12-8-4-5-9-13(12)14(16)11-6-2-3-7-11/h4-5,8-11H,2-3,6-7H2,1H3,(H,17,18). The zero-order valence-electron chi connectivity index (χ0n) is 10.6. The van der Waals surface area contributed by atoms with Crippen LogP contribution in [-0.4, -0.2) is 16.9 Å². The maximum absolute atomic E-state index is 12.4. The van der Waals surface area contributed by atoms with E-state index < -0.39 is 11.9 Å². The van der Waals surface area contributed by atoms with Gasteiger partial charge < -0.3 is 5.11 Å². The topological polar surface area (TPSA) is 54.4 Å². The van der Waals surface area contributed by atoms with Crippen LogP contribution in [-0.2, 0) is 4.79 Å². The van der Waals surface area contributed by atoms with Crippen molar-refractivity contribution in [2.75, 3.05) is 0 Å². The van der Waals surface area contributed by atoms with E-state index in [1.54, 1.807) is 31.2 Å². The normalized spacial score (nSPS) is 17.6. The van der Waals surface area contributed by atoms with Crippen LogP contribution < -0.4 is 0 Å². The van der Waals surface area contributed by atoms with E-state index in [0.717, 1.165) is 25.7 Å². The first-order chi connectivity index (χ1) is 8.61. The molecule has 2 rings (SSSR count). The Morgan fingerprint density at radius 2 is 1.83 bits per heavy atom. The molecule has 0 aliphatic heterocycles. The Hall–Kier alpha value is -1.64. The van der Waals surface area contributed by atoms with Gasteiger partial charge in [-0.3, -0.25) is 9.59 Å². The summed E-state index contributed by atoms with van der Waals surface area (Å²) in [6, 6.07) is 7.11. The van der Waals surface area contributed by atoms with Gasteiger partial charge in [-0.1, -0.05) is 37.1 Å². The van der Waals surface area contributed by atoms with Crippen LogP contribution in [0.1, 0.15) is 54.4 Å². The third-order valence-corrected chi connectivity index (χ3v) is 3.79. The molecule has 0 amide bonds. The monoisotopic (exact) mass is 246 g/mol. The number of Topliss-reactive ketones (excluding diaryl/α,β-unsaturated/α-hetero) is 1. The van der Waals surface area contributed by atoms with Gasteiger partial charge in [0.05, 0.1) is 5.92 Å². The number of carbonyl (C=O) groups excluding carboxylic acids is 1. The summed E-state index contributed by atoms with van der Waals surface area (Å²) in [4.78, 5) is 23.5. The number of ketones is 1. The van der Waals surface area contributed by atoms with E-state index in [1.165, 1.54) is 0 Å². The second-order valence-corrected chi connectivity index (χ2v) is 4.99. The number of carboxylic acid groups (broad SMARTS) is 1. The van der Waals surface area contributed by atoms with Crippen LogP contribution in [0.25, 0.3) is 0 Å². The lowest BCUT2D eigenvalue weighted by atomic mass is 9.88. The Morgan fingerprint density at radius 3 is 2.44 bits per heavy atom. The first-order valence-electron chi connectivity index (χ1n) is 6.47. The van der Waals surface area contributed by atoms with Gasteiger partial charge in [-0.2, -0.15) is 0 Å². The van der Waals surface area contributed by atoms with Crippen molar-refractivity contribution in [3.63, 3.8) is 0 Å². The molecule has 1 aromatic rings. The lowest BCUT2D eigenvalue weighted by Crippen LogP contribution is -2.17. The minimum atomic E-state index is -0.887. The summed E-state index contributed by atoms with van der Waals surface area (Å²) in [5.74, 6) is -1.31. The van der Waals surface area contributed by atoms with Gasteiger partial charge in [-0.25, -0.2) is 0 Å². The highest BCUT2D eigenvalue weighted by molar-refractivity contribution is 6.00. The van der Waals surface area contributed by atoms with Gasteiger partial charge >= 0.3 is 5.97 Å². The van der Waals surface area contributed by atoms with Crippen molar-refractivity contribution < 1.29 is 14.7 Å². The van der Waals surface area contributed by atoms with Gasteiger partial charge in [0, 0.05) is 11.5 Å². The molecule has 18 heavy (non-hydrogen) atoms. The number of carboxylic acids is 1. The lowest BCUT2D eigenvalue weighted by molar-refractivity contribution is -0.138. The van der Waals surface area contributed by atoms with E-state index in [0.29, 0.717) is 11.1 Å². The first kappa shape index (κ1) is 12.8. The van der Waals surface area contributed by atoms with Crippen molar-refractivity contribution in [2.45, 2.75) is 38.5 Å². The van der Waals surface area contributed by atoms with E-state index >= 15 is 0 Å². The van der Waals surface area contributed by atoms with Crippen LogP contribution >= 0.6 is 0 Å². The molecule has 96 valence electrons. The molecule has 1 aliphatic carbocycles. The van der Waals surface area contributed by atoms with Crippen LogP contribution in [0.15, 0.2) is 24.3 Å². The molecule has 1 atom stereocenters. The molecule has 1 unspecified atom stereocenters. The van der Waals surface area contributed by atoms with Crippen molar-refractivity contribution in [3.05, 3.63) is 35.4 Å². The van der Waals surface area contributed by atoms with Crippen LogP contribution in [0.2, 0.25) is 0 Å². The summed E-state index contributed by atoms with van der Waals surface area (Å²) >= 11 is 0. The molecular weight excluding hydrogens is 228 g/mol. The fourth-order valence-corrected chi connectivity index (χ4v) is 2.64. The number of benzene rings is 1. The summed E-state index contributed by atoms with van der Waals surface area (Å²) in [6.07, 6.45) is 4.09. The van der Waals surface area contributed by atoms with Crippen LogP contribution in [0.3, 0.4) is 0 Å². The van der Waals surface area contributed by atoms with Crippen molar-refractivity contribution in [2.24, 2.45) is 5.92 Å². The third-order valence-electron chi connectivity index (χ3n) is 3.79. The van der Waals surface area contributed by atoms with Crippen molar-refractivity contribution in [3.8, 4) is 0 Å². The molecule has 1 fully saturated rings. The molecule has 0 spiro atoms. The fraction of sp³-hybridized carbons (Fsp3) is 0.467. The van der Waals surface area contributed by atoms with Crippen molar-refractivity contribution in [1.29, 1.82) is 0 Å². The molecule has 0 bridgehead atoms. The Labute approximate surface area is 107 Å². The molecule has 0 heterocycles. The molecule has 0 saturated heterocycles. The molecule has 1 N–H and O–H groups in total. The number of hydrogen-bond acceptors (Lipinski definition) is 2. The van der Waals surface area contributed by atoms with Crippen molar-refractivity contribution in [1.82, 2.24) is 0 Å². The second-order valence-electron chi connectivity index (χ2n) is 4.99. The summed E-state index contributed by atoms with van der Waals surface area (Å²) in [6.45, 7) is 1.63. The summed E-state index contributed by atoms with van der Waals surface area (Å²) in [5.41, 5.74) is 1.24. The minimum Gasteiger partial charge on any atom is -0.481 e. The predicted molar refractivity (Wildman–Crippen MR) is 68.8 cm³/mol. The Bertz CT molecular complexity index is 459. The Kier molecular flexibility index (Phi) is 3.80. The second kappa shape index (κ2) is 5.34. The Balaban J connectivity index is 2.32. The molecule has 1 aliphatic rings. The average molecular weight is 246 g/mol. The maximum Gasteiger partial charge on any atom is 0.310 e. The molecule has 1 saturated carbocycles. The smallest absolute Gasteiger partial charge is 0.310 e. The number of carbonyl (C=O) groups is 2. The van der Waals surface area contributed by atoms with Crippen LogP contribution in [0.5, 0.6) is 0 Å². The molecule has 1 aromatic carbocycles. The highest BCUT2D eigenvalue weighted by Crippen LogP contribution is 2.30. The summed E-state index contributed by atoms with van der Waals surface area (Å²) in [5, 5.41) is 9.10. The molecule has 3 nitrogen and oxygen atoms in total. The van der Waals surface area contributed by atoms with Crippen LogP contribution in [0, 0.1) is 5.92 Å². The zero-order valence-corrected chi connectivity index (χ0v) is 10.6. The molecular formula is C15H18O3. The maximum atomic E-state index is 12.4. The van der Waals surface area contributed by atoms with E-state index in [2.05, 4.69) is 0 Å². The summed E-state index contributed by atoms with van der Waals surface area (Å²) in [7, 11) is 0. The average Bonchev–Trinajstić information content (AvgIpc) is 2.90. The van der Waals surface area contributed by atoms with Gasteiger partial charge in [-0.05, 0) is 25.3 Å². The number of hydrogen-bond donors (Lipinski definition) is 1. The largest absolute Gasteiger partial charge is 0.481 e. The molecule has 0 aromatic heterocycles. The van der Waals surface area contributed by atoms with Gasteiger partial charge in [0.15, 0.2) is 5.78 Å². The number of aliphatic carboxylic acids is 1. The van der Waals surface area contributed by atoms with Gasteiger partial charge in [0.1, 0.15) is 0 Å². The van der Waals surface area contributed by atoms with Gasteiger partial charge in [0.2, 0.25) is 0 Å². The van der Waals surface area contributed by atoms with Gasteiger partial charge in [0.25, 0.3) is 0 Å². The molecule has 0 radical (unpaired) electrons. The van der Waals surface area contributed by atoms with E-state index in [1.807, 2.05) is 0 Å². The predicted octanol–water partition coefficient (Wildman–Crippen LogP) is 3.25. The summed E-state index contributed by atoms with van der Waals surface area (Å²) < 4.78 is 0. The van der Waals surface area contributed by atoms with Gasteiger partial charge in [-0.15, -0.1) is 0 Å². The minimum absolute atomic E-state index is 0.0899. The Morgan fingerprint density at radius 1 is 1.22 bits per heavy atom. The quantitative estimate of drug-likeness (QED) is 0.830. The molecule has 3 heteroatoms. The highest BCUT2D eigenvalue weighted by Gasteiger charge is 2.27. The number of rotatable bonds is 4. The SMILES string of the molecule is CC(C(=O)O)c1ccccc1C(=O)C1CCCC1. The van der Waals surface area contributed by atoms with Crippen LogP contribution in [0.4, 0.5) is 0 Å². The fourth-order valence-electron chi connectivity index (χ4n) is 2.64. The highest BCUT2D eigenvalue weighted by atomic mass is 16.4. The zero-order chi connectivity index (χ0) is 13.1. The third kappa shape index (κ3) is 2.45. The van der Waals surface area contributed by atoms with E-state index in [9.17, 15) is 9.59 Å². The van der Waals surface area contributed by atoms with E-state index in [-0.39, 0.29) is 11.7 Å². The first-order valence-corrected chi connectivity index (χ1v) is 6.47. The van der Waals surface area contributed by atoms with E-state index in [4.69, 9.17) is 5.11 Å². The lowest BCUT2D eigenvalue weighted by Gasteiger charge is -2.15. The van der Waals surface area contributed by atoms with Crippen molar-refractivity contribution >= 4 is 11.8 Å².